The molecule has 0 bridgehead atoms. The minimum absolute atomic E-state index is 0.191. The van der Waals surface area contributed by atoms with Crippen molar-refractivity contribution in [2.45, 2.75) is 88.7 Å². The summed E-state index contributed by atoms with van der Waals surface area (Å²) in [5.74, 6) is -0.629. The zero-order chi connectivity index (χ0) is 19.4. The monoisotopic (exact) mass is 382 g/mol. The summed E-state index contributed by atoms with van der Waals surface area (Å²) < 4.78 is 30.8. The van der Waals surface area contributed by atoms with Gasteiger partial charge in [0.2, 0.25) is 0 Å². The van der Waals surface area contributed by atoms with Crippen molar-refractivity contribution in [1.29, 1.82) is 0 Å². The van der Waals surface area contributed by atoms with E-state index in [1.165, 1.54) is 32.1 Å². The van der Waals surface area contributed by atoms with Crippen molar-refractivity contribution in [2.75, 3.05) is 6.61 Å². The lowest BCUT2D eigenvalue weighted by atomic mass is 10.1. The van der Waals surface area contributed by atoms with E-state index < -0.39 is 21.1 Å². The van der Waals surface area contributed by atoms with Gasteiger partial charge in [-0.1, -0.05) is 76.0 Å². The molecule has 0 N–H and O–H groups in total. The zero-order valence-corrected chi connectivity index (χ0v) is 17.3. The number of carbonyl (C=O) groups is 1. The van der Waals surface area contributed by atoms with Gasteiger partial charge in [0.05, 0.1) is 11.5 Å². The lowest BCUT2D eigenvalue weighted by molar-refractivity contribution is -0.142. The summed E-state index contributed by atoms with van der Waals surface area (Å²) in [4.78, 5) is 12.5. The van der Waals surface area contributed by atoms with Gasteiger partial charge in [-0.25, -0.2) is 8.42 Å². The Hall–Kier alpha value is -1.36. The Bertz CT molecular complexity index is 620. The third-order valence-corrected chi connectivity index (χ3v) is 6.70. The molecule has 26 heavy (non-hydrogen) atoms. The normalized spacial score (nSPS) is 12.7. The number of hydrogen-bond donors (Lipinski definition) is 0. The fourth-order valence-corrected chi connectivity index (χ4v) is 4.63. The molecule has 0 heterocycles. The highest BCUT2D eigenvalue weighted by atomic mass is 32.2. The fraction of sp³-hybridized carbons (Fsp3) is 0.667. The quantitative estimate of drug-likeness (QED) is 0.346. The number of esters is 1. The Morgan fingerprint density at radius 2 is 1.46 bits per heavy atom. The number of unbranched alkanes of at least 4 members (excludes halogenated alkanes) is 7. The van der Waals surface area contributed by atoms with Crippen molar-refractivity contribution in [3.05, 3.63) is 29.8 Å². The van der Waals surface area contributed by atoms with E-state index >= 15 is 0 Å². The Kier molecular flexibility index (Phi) is 10.6. The van der Waals surface area contributed by atoms with Gasteiger partial charge >= 0.3 is 5.97 Å². The molecule has 4 nitrogen and oxygen atoms in total. The Morgan fingerprint density at radius 1 is 0.923 bits per heavy atom. The van der Waals surface area contributed by atoms with Crippen LogP contribution in [0.25, 0.3) is 0 Å². The van der Waals surface area contributed by atoms with Crippen molar-refractivity contribution in [1.82, 2.24) is 0 Å². The van der Waals surface area contributed by atoms with Gasteiger partial charge in [-0.3, -0.25) is 4.79 Å². The lowest BCUT2D eigenvalue weighted by Crippen LogP contribution is -2.32. The summed E-state index contributed by atoms with van der Waals surface area (Å²) in [6, 6.07) is 6.66. The standard InChI is InChI=1S/C21H34O4S/c1-4-6-7-8-9-10-11-12-13-20(21(22)25-5-2)26(23,24)19-16-14-18(3)15-17-19/h14-17,20H,4-13H2,1-3H3. The number of ether oxygens (including phenoxy) is 1. The Labute approximate surface area is 159 Å². The summed E-state index contributed by atoms with van der Waals surface area (Å²) in [7, 11) is -3.72. The first-order valence-corrected chi connectivity index (χ1v) is 11.4. The zero-order valence-electron chi connectivity index (χ0n) is 16.5. The molecule has 1 unspecified atom stereocenters. The van der Waals surface area contributed by atoms with Gasteiger partial charge in [0.15, 0.2) is 15.1 Å². The summed E-state index contributed by atoms with van der Waals surface area (Å²) in [5.41, 5.74) is 0.986. The predicted molar refractivity (Wildman–Crippen MR) is 106 cm³/mol. The molecule has 1 rings (SSSR count). The van der Waals surface area contributed by atoms with Crippen LogP contribution in [0, 0.1) is 6.92 Å². The highest BCUT2D eigenvalue weighted by Gasteiger charge is 2.34. The van der Waals surface area contributed by atoms with Gasteiger partial charge in [0.25, 0.3) is 0 Å². The molecule has 5 heteroatoms. The fourth-order valence-electron chi connectivity index (χ4n) is 2.99. The molecule has 0 saturated carbocycles. The highest BCUT2D eigenvalue weighted by molar-refractivity contribution is 7.92. The first-order valence-electron chi connectivity index (χ1n) is 9.90. The molecule has 1 aromatic rings. The van der Waals surface area contributed by atoms with Gasteiger partial charge in [0.1, 0.15) is 0 Å². The molecule has 1 aromatic carbocycles. The van der Waals surface area contributed by atoms with Gasteiger partial charge in [-0.05, 0) is 32.4 Å². The van der Waals surface area contributed by atoms with Gasteiger partial charge in [-0.2, -0.15) is 0 Å². The van der Waals surface area contributed by atoms with Gasteiger partial charge < -0.3 is 4.74 Å². The molecule has 0 aliphatic rings. The number of rotatable bonds is 13. The maximum absolute atomic E-state index is 12.9. The average molecular weight is 383 g/mol. The van der Waals surface area contributed by atoms with Crippen LogP contribution in [0.2, 0.25) is 0 Å². The van der Waals surface area contributed by atoms with Crippen molar-refractivity contribution in [3.8, 4) is 0 Å². The first kappa shape index (κ1) is 22.7. The molecule has 148 valence electrons. The smallest absolute Gasteiger partial charge is 0.324 e. The van der Waals surface area contributed by atoms with Crippen molar-refractivity contribution in [2.24, 2.45) is 0 Å². The number of hydrogen-bond acceptors (Lipinski definition) is 4. The molecule has 0 saturated heterocycles. The minimum atomic E-state index is -3.72. The van der Waals surface area contributed by atoms with E-state index in [1.807, 2.05) is 6.92 Å². The second-order valence-corrected chi connectivity index (χ2v) is 8.99. The third kappa shape index (κ3) is 7.48. The SMILES string of the molecule is CCCCCCCCCCC(C(=O)OCC)S(=O)(=O)c1ccc(C)cc1. The second kappa shape index (κ2) is 12.1. The van der Waals surface area contributed by atoms with E-state index in [2.05, 4.69) is 6.92 Å². The molecule has 0 radical (unpaired) electrons. The second-order valence-electron chi connectivity index (χ2n) is 6.86. The maximum atomic E-state index is 12.9. The maximum Gasteiger partial charge on any atom is 0.324 e. The van der Waals surface area contributed by atoms with Crippen LogP contribution in [-0.2, 0) is 19.4 Å². The van der Waals surface area contributed by atoms with Crippen LogP contribution < -0.4 is 0 Å². The molecular formula is C21H34O4S. The van der Waals surface area contributed by atoms with Crippen molar-refractivity contribution >= 4 is 15.8 Å². The van der Waals surface area contributed by atoms with Crippen LogP contribution in [0.5, 0.6) is 0 Å². The van der Waals surface area contributed by atoms with Crippen LogP contribution in [-0.4, -0.2) is 26.2 Å². The Morgan fingerprint density at radius 3 is 2.00 bits per heavy atom. The molecule has 1 atom stereocenters. The molecule has 0 spiro atoms. The first-order chi connectivity index (χ1) is 12.4. The molecule has 0 aliphatic carbocycles. The molecular weight excluding hydrogens is 348 g/mol. The van der Waals surface area contributed by atoms with Crippen molar-refractivity contribution < 1.29 is 17.9 Å². The largest absolute Gasteiger partial charge is 0.465 e. The van der Waals surface area contributed by atoms with Crippen LogP contribution in [0.3, 0.4) is 0 Å². The predicted octanol–water partition coefficient (Wildman–Crippen LogP) is 5.23. The van der Waals surface area contributed by atoms with E-state index in [1.54, 1.807) is 31.2 Å². The minimum Gasteiger partial charge on any atom is -0.465 e. The number of carbonyl (C=O) groups excluding carboxylic acids is 1. The van der Waals surface area contributed by atoms with Crippen LogP contribution >= 0.6 is 0 Å². The number of sulfone groups is 1. The van der Waals surface area contributed by atoms with E-state index in [9.17, 15) is 13.2 Å². The van der Waals surface area contributed by atoms with Crippen LogP contribution in [0.4, 0.5) is 0 Å². The summed E-state index contributed by atoms with van der Waals surface area (Å²) in [5, 5.41) is -1.11. The number of aryl methyl sites for hydroxylation is 1. The topological polar surface area (TPSA) is 60.4 Å². The summed E-state index contributed by atoms with van der Waals surface area (Å²) in [6.45, 7) is 5.99. The molecule has 0 aromatic heterocycles. The van der Waals surface area contributed by atoms with E-state index in [4.69, 9.17) is 4.74 Å². The van der Waals surface area contributed by atoms with E-state index in [0.717, 1.165) is 24.8 Å². The van der Waals surface area contributed by atoms with E-state index in [-0.39, 0.29) is 11.5 Å². The highest BCUT2D eigenvalue weighted by Crippen LogP contribution is 2.23. The number of benzene rings is 1. The molecule has 0 fully saturated rings. The summed E-state index contributed by atoms with van der Waals surface area (Å²) >= 11 is 0. The van der Waals surface area contributed by atoms with Gasteiger partial charge in [-0.15, -0.1) is 0 Å². The van der Waals surface area contributed by atoms with E-state index in [0.29, 0.717) is 6.42 Å². The Balaban J connectivity index is 2.64. The molecule has 0 aliphatic heterocycles. The third-order valence-electron chi connectivity index (χ3n) is 4.59. The molecule has 0 amide bonds. The van der Waals surface area contributed by atoms with Crippen LogP contribution in [0.15, 0.2) is 29.2 Å². The lowest BCUT2D eigenvalue weighted by Gasteiger charge is -2.16. The van der Waals surface area contributed by atoms with Gasteiger partial charge in [0, 0.05) is 0 Å². The summed E-state index contributed by atoms with van der Waals surface area (Å²) in [6.07, 6.45) is 9.27. The van der Waals surface area contributed by atoms with Crippen molar-refractivity contribution in [3.63, 3.8) is 0 Å². The average Bonchev–Trinajstić information content (AvgIpc) is 2.60. The van der Waals surface area contributed by atoms with Crippen LogP contribution in [0.1, 0.15) is 77.2 Å².